The number of carboxylic acid groups (broad SMARTS) is 1. The Morgan fingerprint density at radius 2 is 1.90 bits per heavy atom. The highest BCUT2D eigenvalue weighted by atomic mass is 79.9. The Morgan fingerprint density at radius 3 is 2.52 bits per heavy atom. The average molecular weight is 416 g/mol. The number of carbonyl (C=O) groups is 1. The van der Waals surface area contributed by atoms with Crippen molar-refractivity contribution in [3.05, 3.63) is 44.8 Å². The summed E-state index contributed by atoms with van der Waals surface area (Å²) in [5.74, 6) is -0.362. The van der Waals surface area contributed by atoms with E-state index < -0.39 is 5.97 Å². The van der Waals surface area contributed by atoms with Crippen molar-refractivity contribution in [3.8, 4) is 5.75 Å². The van der Waals surface area contributed by atoms with Crippen LogP contribution in [-0.2, 0) is 0 Å². The van der Waals surface area contributed by atoms with Crippen molar-refractivity contribution in [1.82, 2.24) is 0 Å². The molecule has 2 aromatic rings. The normalized spacial score (nSPS) is 10.2. The number of ether oxygens (including phenoxy) is 1. The van der Waals surface area contributed by atoms with Crippen molar-refractivity contribution in [2.75, 3.05) is 18.2 Å². The molecular weight excluding hydrogens is 404 g/mol. The van der Waals surface area contributed by atoms with E-state index in [1.165, 1.54) is 12.1 Å². The summed E-state index contributed by atoms with van der Waals surface area (Å²) in [5, 5.41) is 12.1. The van der Waals surface area contributed by atoms with Crippen LogP contribution in [0.3, 0.4) is 0 Å². The number of hydrogen-bond acceptors (Lipinski definition) is 4. The lowest BCUT2D eigenvalue weighted by molar-refractivity contribution is 0.0697. The van der Waals surface area contributed by atoms with Gasteiger partial charge in [-0.3, -0.25) is 0 Å². The minimum Gasteiger partial charge on any atom is -0.495 e. The molecule has 2 aromatic carbocycles. The Balaban J connectivity index is 2.42. The van der Waals surface area contributed by atoms with Crippen LogP contribution < -0.4 is 15.8 Å². The summed E-state index contributed by atoms with van der Waals surface area (Å²) in [5.41, 5.74) is 7.71. The van der Waals surface area contributed by atoms with Crippen molar-refractivity contribution in [2.45, 2.75) is 0 Å². The van der Waals surface area contributed by atoms with E-state index in [0.717, 1.165) is 8.95 Å². The number of nitrogen functional groups attached to an aromatic ring is 1. The second-order valence-electron chi connectivity index (χ2n) is 4.20. The van der Waals surface area contributed by atoms with Crippen LogP contribution in [0.2, 0.25) is 0 Å². The Hall–Kier alpha value is -1.73. The lowest BCUT2D eigenvalue weighted by atomic mass is 10.1. The van der Waals surface area contributed by atoms with E-state index >= 15 is 0 Å². The molecule has 21 heavy (non-hydrogen) atoms. The van der Waals surface area contributed by atoms with E-state index in [4.69, 9.17) is 15.6 Å². The van der Waals surface area contributed by atoms with Gasteiger partial charge in [-0.1, -0.05) is 0 Å². The van der Waals surface area contributed by atoms with Gasteiger partial charge in [-0.2, -0.15) is 0 Å². The minimum atomic E-state index is -1.01. The summed E-state index contributed by atoms with van der Waals surface area (Å²) >= 11 is 6.82. The maximum Gasteiger partial charge on any atom is 0.335 e. The molecule has 0 fully saturated rings. The van der Waals surface area contributed by atoms with E-state index in [-0.39, 0.29) is 5.56 Å². The molecule has 0 unspecified atom stereocenters. The minimum absolute atomic E-state index is 0.159. The highest BCUT2D eigenvalue weighted by Gasteiger charge is 2.11. The van der Waals surface area contributed by atoms with E-state index in [1.807, 2.05) is 6.07 Å². The average Bonchev–Trinajstić information content (AvgIpc) is 2.43. The van der Waals surface area contributed by atoms with Crippen LogP contribution in [-0.4, -0.2) is 18.2 Å². The van der Waals surface area contributed by atoms with Crippen LogP contribution in [0.4, 0.5) is 17.1 Å². The number of rotatable bonds is 4. The van der Waals surface area contributed by atoms with E-state index in [1.54, 1.807) is 19.2 Å². The lowest BCUT2D eigenvalue weighted by Crippen LogP contribution is -2.02. The summed E-state index contributed by atoms with van der Waals surface area (Å²) < 4.78 is 6.83. The van der Waals surface area contributed by atoms with Gasteiger partial charge in [-0.15, -0.1) is 0 Å². The standard InChI is InChI=1S/C14H12Br2N2O3/c1-21-13-6-11(8(15)5-9(13)16)18-12-4-7(14(19)20)2-3-10(12)17/h2-6,18H,17H2,1H3,(H,19,20). The number of hydrogen-bond donors (Lipinski definition) is 3. The molecule has 0 aliphatic rings. The van der Waals surface area contributed by atoms with E-state index in [2.05, 4.69) is 37.2 Å². The molecule has 0 heterocycles. The lowest BCUT2D eigenvalue weighted by Gasteiger charge is -2.14. The Labute approximate surface area is 138 Å². The summed E-state index contributed by atoms with van der Waals surface area (Å²) in [6, 6.07) is 8.11. The first-order valence-electron chi connectivity index (χ1n) is 5.85. The van der Waals surface area contributed by atoms with Gasteiger partial charge in [0.25, 0.3) is 0 Å². The van der Waals surface area contributed by atoms with Crippen LogP contribution >= 0.6 is 31.9 Å². The highest BCUT2D eigenvalue weighted by Crippen LogP contribution is 2.37. The van der Waals surface area contributed by atoms with Gasteiger partial charge in [-0.25, -0.2) is 4.79 Å². The summed E-state index contributed by atoms with van der Waals surface area (Å²) in [6.07, 6.45) is 0. The number of methoxy groups -OCH3 is 1. The zero-order valence-electron chi connectivity index (χ0n) is 11.0. The largest absolute Gasteiger partial charge is 0.495 e. The maximum absolute atomic E-state index is 11.0. The second kappa shape index (κ2) is 6.36. The van der Waals surface area contributed by atoms with Gasteiger partial charge < -0.3 is 20.9 Å². The van der Waals surface area contributed by atoms with Gasteiger partial charge in [0, 0.05) is 10.5 Å². The smallest absolute Gasteiger partial charge is 0.335 e. The molecule has 110 valence electrons. The monoisotopic (exact) mass is 414 g/mol. The molecule has 0 aliphatic carbocycles. The summed E-state index contributed by atoms with van der Waals surface area (Å²) in [6.45, 7) is 0. The van der Waals surface area contributed by atoms with Gasteiger partial charge in [-0.05, 0) is 56.1 Å². The van der Waals surface area contributed by atoms with E-state index in [0.29, 0.717) is 22.8 Å². The van der Waals surface area contributed by atoms with Crippen molar-refractivity contribution in [3.63, 3.8) is 0 Å². The Kier molecular flexibility index (Phi) is 4.74. The summed E-state index contributed by atoms with van der Waals surface area (Å²) in [7, 11) is 1.57. The zero-order valence-corrected chi connectivity index (χ0v) is 14.2. The molecule has 4 N–H and O–H groups in total. The molecule has 0 aromatic heterocycles. The van der Waals surface area contributed by atoms with Gasteiger partial charge in [0.1, 0.15) is 5.75 Å². The fourth-order valence-electron chi connectivity index (χ4n) is 1.72. The second-order valence-corrected chi connectivity index (χ2v) is 5.91. The predicted octanol–water partition coefficient (Wildman–Crippen LogP) is 4.24. The van der Waals surface area contributed by atoms with E-state index in [9.17, 15) is 4.79 Å². The Morgan fingerprint density at radius 1 is 1.19 bits per heavy atom. The van der Waals surface area contributed by atoms with Crippen molar-refractivity contribution in [1.29, 1.82) is 0 Å². The van der Waals surface area contributed by atoms with Crippen molar-refractivity contribution in [2.24, 2.45) is 0 Å². The van der Waals surface area contributed by atoms with Crippen LogP contribution in [0.5, 0.6) is 5.75 Å². The first kappa shape index (κ1) is 15.7. The molecular formula is C14H12Br2N2O3. The summed E-state index contributed by atoms with van der Waals surface area (Å²) in [4.78, 5) is 11.0. The topological polar surface area (TPSA) is 84.6 Å². The van der Waals surface area contributed by atoms with Gasteiger partial charge >= 0.3 is 5.97 Å². The van der Waals surface area contributed by atoms with Gasteiger partial charge in [0.15, 0.2) is 0 Å². The zero-order chi connectivity index (χ0) is 15.6. The molecule has 7 heteroatoms. The molecule has 0 bridgehead atoms. The SMILES string of the molecule is COc1cc(Nc2cc(C(=O)O)ccc2N)c(Br)cc1Br. The predicted molar refractivity (Wildman–Crippen MR) is 89.5 cm³/mol. The molecule has 0 spiro atoms. The third-order valence-corrected chi connectivity index (χ3v) is 4.09. The van der Waals surface area contributed by atoms with Crippen molar-refractivity contribution < 1.29 is 14.6 Å². The molecule has 2 rings (SSSR count). The number of benzene rings is 2. The fraction of sp³-hybridized carbons (Fsp3) is 0.0714. The molecule has 0 saturated heterocycles. The number of aromatic carboxylic acids is 1. The first-order valence-corrected chi connectivity index (χ1v) is 7.44. The van der Waals surface area contributed by atoms with Crippen LogP contribution in [0.15, 0.2) is 39.3 Å². The number of nitrogens with two attached hydrogens (primary N) is 1. The fourth-order valence-corrected chi connectivity index (χ4v) is 2.98. The maximum atomic E-state index is 11.0. The molecule has 0 atom stereocenters. The Bertz CT molecular complexity index is 705. The van der Waals surface area contributed by atoms with Crippen LogP contribution in [0, 0.1) is 0 Å². The number of halogens is 2. The quantitative estimate of drug-likeness (QED) is 0.650. The van der Waals surface area contributed by atoms with Gasteiger partial charge in [0.05, 0.1) is 34.2 Å². The van der Waals surface area contributed by atoms with Crippen molar-refractivity contribution >= 4 is 54.9 Å². The number of carboxylic acids is 1. The van der Waals surface area contributed by atoms with Crippen LogP contribution in [0.25, 0.3) is 0 Å². The molecule has 0 amide bonds. The molecule has 0 radical (unpaired) electrons. The molecule has 0 aliphatic heterocycles. The molecule has 0 saturated carbocycles. The first-order chi connectivity index (χ1) is 9.92. The molecule has 5 nitrogen and oxygen atoms in total. The highest BCUT2D eigenvalue weighted by molar-refractivity contribution is 9.11. The van der Waals surface area contributed by atoms with Crippen LogP contribution in [0.1, 0.15) is 10.4 Å². The van der Waals surface area contributed by atoms with Gasteiger partial charge in [0.2, 0.25) is 0 Å². The number of nitrogens with one attached hydrogen (secondary N) is 1. The third-order valence-electron chi connectivity index (χ3n) is 2.81. The number of anilines is 3. The third kappa shape index (κ3) is 3.48.